The van der Waals surface area contributed by atoms with Gasteiger partial charge in [-0.15, -0.1) is 0 Å². The fraction of sp³-hybridized carbons (Fsp3) is 0.389. The summed E-state index contributed by atoms with van der Waals surface area (Å²) in [6, 6.07) is 12.6. The number of hydrogen-bond donors (Lipinski definition) is 4. The number of carbonyl (C=O) groups is 4. The third-order valence-corrected chi connectivity index (χ3v) is 10.9. The van der Waals surface area contributed by atoms with Gasteiger partial charge in [0.1, 0.15) is 4.32 Å². The summed E-state index contributed by atoms with van der Waals surface area (Å²) in [7, 11) is 0. The van der Waals surface area contributed by atoms with Gasteiger partial charge in [0, 0.05) is 28.2 Å². The number of carboxylic acids is 2. The first-order chi connectivity index (χ1) is 22.1. The first kappa shape index (κ1) is 33.9. The lowest BCUT2D eigenvalue weighted by Crippen LogP contribution is -2.55. The number of aliphatic carboxylic acids is 1. The lowest BCUT2D eigenvalue weighted by molar-refractivity contribution is -0.135. The summed E-state index contributed by atoms with van der Waals surface area (Å²) < 4.78 is -1.13. The van der Waals surface area contributed by atoms with E-state index in [4.69, 9.17) is 0 Å². The van der Waals surface area contributed by atoms with E-state index < -0.39 is 39.6 Å². The van der Waals surface area contributed by atoms with Gasteiger partial charge in [-0.25, -0.2) is 9.59 Å². The van der Waals surface area contributed by atoms with Crippen LogP contribution in [0.2, 0.25) is 0 Å². The van der Waals surface area contributed by atoms with Crippen molar-refractivity contribution in [1.82, 2.24) is 10.6 Å². The molecule has 0 aliphatic heterocycles. The zero-order valence-electron chi connectivity index (χ0n) is 26.0. The maximum absolute atomic E-state index is 14.6. The van der Waals surface area contributed by atoms with Gasteiger partial charge in [0.05, 0.1) is 17.1 Å². The predicted molar refractivity (Wildman–Crippen MR) is 188 cm³/mol. The summed E-state index contributed by atoms with van der Waals surface area (Å²) in [4.78, 5) is 54.9. The SMILES string of the molecule is CCCCCCNC(=O)C1C(C(=O)O)=c2c(C(=O)O)ccc3c2c(c2cccc4ccc(Br)c3c42)C1(Br)C(=O)NCCCCCC. The van der Waals surface area contributed by atoms with Crippen molar-refractivity contribution in [2.24, 2.45) is 5.92 Å². The molecule has 4 aromatic carbocycles. The van der Waals surface area contributed by atoms with Crippen LogP contribution in [0.25, 0.3) is 37.9 Å². The van der Waals surface area contributed by atoms with E-state index in [1.54, 1.807) is 6.07 Å². The van der Waals surface area contributed by atoms with E-state index in [0.29, 0.717) is 41.2 Å². The standard InChI is InChI=1S/C36H38Br2N2O6/c1-3-5-7-9-18-39-32(41)31-29(34(44)45)27-23(33(42)43)16-15-21-26-24(37)17-14-20-12-11-13-22(25(20)26)30(28(21)27)36(31,38)35(46)40-19-10-8-6-4-2/h11-17,31H,3-10,18-19H2,1-2H3,(H,39,41)(H,40,46)(H,42,43)(H,44,45). The van der Waals surface area contributed by atoms with Crippen LogP contribution in [0.15, 0.2) is 46.9 Å². The van der Waals surface area contributed by atoms with Gasteiger partial charge in [-0.05, 0) is 57.5 Å². The minimum absolute atomic E-state index is 0.0529. The number of rotatable bonds is 14. The van der Waals surface area contributed by atoms with Crippen LogP contribution in [0.3, 0.4) is 0 Å². The molecular weight excluding hydrogens is 716 g/mol. The van der Waals surface area contributed by atoms with Gasteiger partial charge >= 0.3 is 11.9 Å². The lowest BCUT2D eigenvalue weighted by atomic mass is 9.69. The van der Waals surface area contributed by atoms with Crippen LogP contribution in [-0.4, -0.2) is 47.1 Å². The van der Waals surface area contributed by atoms with Crippen molar-refractivity contribution in [3.8, 4) is 0 Å². The monoisotopic (exact) mass is 752 g/mol. The molecule has 0 spiro atoms. The van der Waals surface area contributed by atoms with Crippen molar-refractivity contribution in [3.05, 3.63) is 63.3 Å². The second kappa shape index (κ2) is 14.1. The molecule has 4 aromatic rings. The Labute approximate surface area is 284 Å². The molecule has 1 aliphatic carbocycles. The second-order valence-electron chi connectivity index (χ2n) is 11.9. The number of alkyl halides is 1. The van der Waals surface area contributed by atoms with E-state index in [1.807, 2.05) is 30.3 Å². The van der Waals surface area contributed by atoms with E-state index >= 15 is 0 Å². The van der Waals surface area contributed by atoms with Crippen molar-refractivity contribution < 1.29 is 29.4 Å². The van der Waals surface area contributed by atoms with Gasteiger partial charge in [0.25, 0.3) is 0 Å². The number of hydrogen-bond acceptors (Lipinski definition) is 4. The van der Waals surface area contributed by atoms with Crippen molar-refractivity contribution in [2.45, 2.75) is 69.5 Å². The molecule has 0 radical (unpaired) electrons. The third-order valence-electron chi connectivity index (χ3n) is 9.01. The van der Waals surface area contributed by atoms with Crippen molar-refractivity contribution in [2.75, 3.05) is 13.1 Å². The molecule has 0 heterocycles. The Kier molecular flexibility index (Phi) is 10.4. The molecule has 5 rings (SSSR count). The van der Waals surface area contributed by atoms with E-state index in [9.17, 15) is 29.4 Å². The molecule has 1 aliphatic rings. The third kappa shape index (κ3) is 5.79. The maximum atomic E-state index is 14.6. The molecule has 4 N–H and O–H groups in total. The van der Waals surface area contributed by atoms with Crippen LogP contribution in [-0.2, 0) is 18.7 Å². The molecule has 8 nitrogen and oxygen atoms in total. The van der Waals surface area contributed by atoms with E-state index in [1.165, 1.54) is 6.07 Å². The Hall–Kier alpha value is -3.50. The molecule has 0 fully saturated rings. The first-order valence-corrected chi connectivity index (χ1v) is 17.5. The Morgan fingerprint density at radius 1 is 0.761 bits per heavy atom. The van der Waals surface area contributed by atoms with Crippen LogP contribution in [0, 0.1) is 5.92 Å². The van der Waals surface area contributed by atoms with Crippen LogP contribution in [0.5, 0.6) is 0 Å². The lowest BCUT2D eigenvalue weighted by Gasteiger charge is -2.39. The van der Waals surface area contributed by atoms with Crippen LogP contribution >= 0.6 is 31.9 Å². The van der Waals surface area contributed by atoms with Gasteiger partial charge in [0.15, 0.2) is 0 Å². The van der Waals surface area contributed by atoms with Crippen molar-refractivity contribution >= 4 is 93.5 Å². The summed E-state index contributed by atoms with van der Waals surface area (Å²) >= 11 is 7.44. The highest BCUT2D eigenvalue weighted by Gasteiger charge is 2.56. The van der Waals surface area contributed by atoms with E-state index in [-0.39, 0.29) is 10.8 Å². The Bertz CT molecular complexity index is 1920. The summed E-state index contributed by atoms with van der Waals surface area (Å²) in [5.41, 5.74) is -0.282. The molecule has 10 heteroatoms. The quantitative estimate of drug-likeness (QED) is 0.0467. The predicted octanol–water partition coefficient (Wildman–Crippen LogP) is 7.17. The molecule has 0 aromatic heterocycles. The zero-order valence-corrected chi connectivity index (χ0v) is 29.1. The minimum Gasteiger partial charge on any atom is -0.478 e. The average Bonchev–Trinajstić information content (AvgIpc) is 3.03. The molecule has 0 saturated carbocycles. The van der Waals surface area contributed by atoms with Crippen LogP contribution < -0.4 is 15.9 Å². The normalized spacial score (nSPS) is 17.5. The van der Waals surface area contributed by atoms with E-state index in [0.717, 1.165) is 65.6 Å². The molecule has 2 unspecified atom stereocenters. The minimum atomic E-state index is -1.87. The summed E-state index contributed by atoms with van der Waals surface area (Å²) in [5, 5.41) is 31.1. The van der Waals surface area contributed by atoms with Crippen molar-refractivity contribution in [3.63, 3.8) is 0 Å². The molecule has 0 saturated heterocycles. The van der Waals surface area contributed by atoms with Gasteiger partial charge < -0.3 is 20.8 Å². The Balaban J connectivity index is 1.90. The second-order valence-corrected chi connectivity index (χ2v) is 14.1. The van der Waals surface area contributed by atoms with Gasteiger partial charge in [-0.1, -0.05) is 115 Å². The number of carboxylic acid groups (broad SMARTS) is 2. The zero-order chi connectivity index (χ0) is 33.2. The molecule has 2 atom stereocenters. The fourth-order valence-corrected chi connectivity index (χ4v) is 8.42. The van der Waals surface area contributed by atoms with Crippen LogP contribution in [0.4, 0.5) is 0 Å². The maximum Gasteiger partial charge on any atom is 0.336 e. The van der Waals surface area contributed by atoms with Gasteiger partial charge in [0.2, 0.25) is 11.8 Å². The van der Waals surface area contributed by atoms with Crippen LogP contribution in [0.1, 0.15) is 81.1 Å². The number of aromatic carboxylic acids is 1. The molecule has 242 valence electrons. The smallest absolute Gasteiger partial charge is 0.336 e. The van der Waals surface area contributed by atoms with Gasteiger partial charge in [-0.2, -0.15) is 0 Å². The number of fused-ring (bicyclic) bond motifs is 2. The molecule has 46 heavy (non-hydrogen) atoms. The Morgan fingerprint density at radius 2 is 1.43 bits per heavy atom. The number of halogens is 2. The molecular formula is C36H38Br2N2O6. The number of benzene rings is 4. The fourth-order valence-electron chi connectivity index (χ4n) is 6.89. The summed E-state index contributed by atoms with van der Waals surface area (Å²) in [6.45, 7) is 4.82. The number of amides is 2. The summed E-state index contributed by atoms with van der Waals surface area (Å²) in [5.74, 6) is -5.56. The highest BCUT2D eigenvalue weighted by molar-refractivity contribution is 9.10. The topological polar surface area (TPSA) is 133 Å². The highest BCUT2D eigenvalue weighted by atomic mass is 79.9. The Morgan fingerprint density at radius 3 is 2.07 bits per heavy atom. The number of carbonyl (C=O) groups excluding carboxylic acids is 2. The van der Waals surface area contributed by atoms with E-state index in [2.05, 4.69) is 56.3 Å². The average molecular weight is 755 g/mol. The van der Waals surface area contributed by atoms with Crippen molar-refractivity contribution in [1.29, 1.82) is 0 Å². The first-order valence-electron chi connectivity index (χ1n) is 15.9. The number of unbranched alkanes of at least 4 members (excludes halogenated alkanes) is 6. The highest BCUT2D eigenvalue weighted by Crippen LogP contribution is 2.53. The molecule has 0 bridgehead atoms. The number of nitrogens with one attached hydrogen (secondary N) is 2. The van der Waals surface area contributed by atoms with Gasteiger partial charge in [-0.3, -0.25) is 9.59 Å². The summed E-state index contributed by atoms with van der Waals surface area (Å²) in [6.07, 6.45) is 7.23. The largest absolute Gasteiger partial charge is 0.478 e. The molecule has 2 amide bonds.